The van der Waals surface area contributed by atoms with Crippen molar-refractivity contribution in [2.45, 2.75) is 5.92 Å². The normalized spacial score (nSPS) is 13.3. The van der Waals surface area contributed by atoms with Crippen molar-refractivity contribution in [2.24, 2.45) is 5.73 Å². The van der Waals surface area contributed by atoms with Crippen LogP contribution >= 0.6 is 11.6 Å². The summed E-state index contributed by atoms with van der Waals surface area (Å²) in [4.78, 5) is 10.9. The second-order valence-corrected chi connectivity index (χ2v) is 3.61. The number of hydrogen-bond donors (Lipinski definition) is 3. The molecule has 0 spiro atoms. The zero-order chi connectivity index (χ0) is 10.8. The predicted molar refractivity (Wildman–Crippen MR) is 57.8 cm³/mol. The summed E-state index contributed by atoms with van der Waals surface area (Å²) < 4.78 is 0. The van der Waals surface area contributed by atoms with Gasteiger partial charge < -0.3 is 15.8 Å². The lowest BCUT2D eigenvalue weighted by molar-refractivity contribution is 0.268. The van der Waals surface area contributed by atoms with Crippen LogP contribution in [-0.4, -0.2) is 33.2 Å². The van der Waals surface area contributed by atoms with Gasteiger partial charge in [0.2, 0.25) is 0 Å². The molecular formula is C9H11ClN4O. The van der Waals surface area contributed by atoms with E-state index in [2.05, 4.69) is 15.0 Å². The van der Waals surface area contributed by atoms with Crippen LogP contribution in [-0.2, 0) is 0 Å². The van der Waals surface area contributed by atoms with E-state index >= 15 is 0 Å². The Labute approximate surface area is 91.3 Å². The Hall–Kier alpha value is -1.17. The minimum absolute atomic E-state index is 0.0192. The second-order valence-electron chi connectivity index (χ2n) is 3.25. The van der Waals surface area contributed by atoms with E-state index in [4.69, 9.17) is 17.3 Å². The van der Waals surface area contributed by atoms with Crippen LogP contribution < -0.4 is 5.73 Å². The molecule has 0 aromatic carbocycles. The number of nitrogens with zero attached hydrogens (tertiary/aromatic N) is 2. The lowest BCUT2D eigenvalue weighted by Gasteiger charge is -2.09. The number of aromatic amines is 1. The van der Waals surface area contributed by atoms with E-state index in [0.29, 0.717) is 17.3 Å². The highest BCUT2D eigenvalue weighted by Crippen LogP contribution is 2.28. The lowest BCUT2D eigenvalue weighted by Crippen LogP contribution is -2.15. The van der Waals surface area contributed by atoms with Gasteiger partial charge in [0.15, 0.2) is 0 Å². The summed E-state index contributed by atoms with van der Waals surface area (Å²) >= 11 is 5.97. The first-order valence-electron chi connectivity index (χ1n) is 4.56. The molecule has 0 aliphatic rings. The van der Waals surface area contributed by atoms with Crippen molar-refractivity contribution in [3.05, 3.63) is 23.2 Å². The molecule has 0 saturated carbocycles. The third-order valence-electron chi connectivity index (χ3n) is 2.40. The number of nitrogens with two attached hydrogens (primary N) is 1. The van der Waals surface area contributed by atoms with E-state index in [-0.39, 0.29) is 12.5 Å². The molecule has 0 amide bonds. The maximum Gasteiger partial charge on any atom is 0.142 e. The van der Waals surface area contributed by atoms with Crippen LogP contribution in [0.2, 0.25) is 5.15 Å². The van der Waals surface area contributed by atoms with Gasteiger partial charge in [0.1, 0.15) is 17.1 Å². The highest BCUT2D eigenvalue weighted by molar-refractivity contribution is 6.34. The number of fused-ring (bicyclic) bond motifs is 1. The zero-order valence-electron chi connectivity index (χ0n) is 7.94. The fourth-order valence-corrected chi connectivity index (χ4v) is 1.81. The topological polar surface area (TPSA) is 87.8 Å². The molecule has 1 unspecified atom stereocenters. The Morgan fingerprint density at radius 3 is 3.00 bits per heavy atom. The molecule has 0 aliphatic heterocycles. The van der Waals surface area contributed by atoms with Gasteiger partial charge in [-0.2, -0.15) is 0 Å². The van der Waals surface area contributed by atoms with Gasteiger partial charge in [-0.15, -0.1) is 0 Å². The minimum atomic E-state index is -0.137. The summed E-state index contributed by atoms with van der Waals surface area (Å²) in [6.45, 7) is 0.337. The van der Waals surface area contributed by atoms with Gasteiger partial charge in [0.25, 0.3) is 0 Å². The Balaban J connectivity index is 2.61. The highest BCUT2D eigenvalue weighted by atomic mass is 35.5. The van der Waals surface area contributed by atoms with Gasteiger partial charge in [0, 0.05) is 18.7 Å². The Bertz CT molecular complexity index is 466. The summed E-state index contributed by atoms with van der Waals surface area (Å²) in [7, 11) is 0. The first-order chi connectivity index (χ1) is 7.27. The lowest BCUT2D eigenvalue weighted by atomic mass is 10.0. The summed E-state index contributed by atoms with van der Waals surface area (Å²) in [5.41, 5.74) is 7.08. The predicted octanol–water partition coefficient (Wildman–Crippen LogP) is 0.646. The molecule has 2 aromatic rings. The molecule has 0 radical (unpaired) electrons. The first-order valence-corrected chi connectivity index (χ1v) is 4.94. The molecule has 0 fully saturated rings. The van der Waals surface area contributed by atoms with Crippen molar-refractivity contribution in [1.29, 1.82) is 0 Å². The Morgan fingerprint density at radius 2 is 2.33 bits per heavy atom. The molecule has 1 atom stereocenters. The number of hydrogen-bond acceptors (Lipinski definition) is 4. The highest BCUT2D eigenvalue weighted by Gasteiger charge is 2.16. The maximum absolute atomic E-state index is 9.17. The van der Waals surface area contributed by atoms with Crippen LogP contribution in [0.1, 0.15) is 11.5 Å². The molecule has 4 N–H and O–H groups in total. The molecule has 80 valence electrons. The Kier molecular flexibility index (Phi) is 2.86. The smallest absolute Gasteiger partial charge is 0.142 e. The average molecular weight is 227 g/mol. The van der Waals surface area contributed by atoms with Crippen LogP contribution in [0.3, 0.4) is 0 Å². The molecule has 2 heterocycles. The molecule has 6 heteroatoms. The zero-order valence-corrected chi connectivity index (χ0v) is 8.70. The van der Waals surface area contributed by atoms with Gasteiger partial charge in [-0.05, 0) is 5.56 Å². The van der Waals surface area contributed by atoms with Crippen molar-refractivity contribution in [3.63, 3.8) is 0 Å². The number of halogens is 1. The van der Waals surface area contributed by atoms with E-state index in [1.54, 1.807) is 6.20 Å². The number of nitrogens with one attached hydrogen (secondary N) is 1. The molecular weight excluding hydrogens is 216 g/mol. The summed E-state index contributed by atoms with van der Waals surface area (Å²) in [6.07, 6.45) is 3.15. The minimum Gasteiger partial charge on any atom is -0.396 e. The van der Waals surface area contributed by atoms with Crippen molar-refractivity contribution < 1.29 is 5.11 Å². The fourth-order valence-electron chi connectivity index (χ4n) is 1.57. The number of H-pyrrole nitrogens is 1. The van der Waals surface area contributed by atoms with Crippen molar-refractivity contribution in [3.8, 4) is 0 Å². The number of aliphatic hydroxyl groups excluding tert-OH is 1. The van der Waals surface area contributed by atoms with Crippen LogP contribution in [0.5, 0.6) is 0 Å². The second kappa shape index (κ2) is 4.14. The van der Waals surface area contributed by atoms with E-state index in [9.17, 15) is 5.11 Å². The van der Waals surface area contributed by atoms with Crippen LogP contribution in [0.15, 0.2) is 12.5 Å². The summed E-state index contributed by atoms with van der Waals surface area (Å²) in [6, 6.07) is 0. The monoisotopic (exact) mass is 226 g/mol. The SMILES string of the molecule is NCC(CO)c1c[nH]c2ncnc(Cl)c12. The van der Waals surface area contributed by atoms with Crippen molar-refractivity contribution >= 4 is 22.6 Å². The van der Waals surface area contributed by atoms with Gasteiger partial charge in [-0.25, -0.2) is 9.97 Å². The molecule has 2 rings (SSSR count). The van der Waals surface area contributed by atoms with Crippen LogP contribution in [0, 0.1) is 0 Å². The van der Waals surface area contributed by atoms with Crippen LogP contribution in [0.25, 0.3) is 11.0 Å². The average Bonchev–Trinajstić information content (AvgIpc) is 2.66. The van der Waals surface area contributed by atoms with Gasteiger partial charge >= 0.3 is 0 Å². The maximum atomic E-state index is 9.17. The largest absolute Gasteiger partial charge is 0.396 e. The Morgan fingerprint density at radius 1 is 1.53 bits per heavy atom. The van der Waals surface area contributed by atoms with Gasteiger partial charge in [-0.3, -0.25) is 0 Å². The molecule has 2 aromatic heterocycles. The first kappa shape index (κ1) is 10.4. The van der Waals surface area contributed by atoms with E-state index in [1.807, 2.05) is 0 Å². The number of rotatable bonds is 3. The van der Waals surface area contributed by atoms with Crippen molar-refractivity contribution in [2.75, 3.05) is 13.2 Å². The van der Waals surface area contributed by atoms with E-state index < -0.39 is 0 Å². The summed E-state index contributed by atoms with van der Waals surface area (Å²) in [5.74, 6) is -0.137. The number of aliphatic hydroxyl groups is 1. The van der Waals surface area contributed by atoms with Crippen LogP contribution in [0.4, 0.5) is 0 Å². The third kappa shape index (κ3) is 1.69. The van der Waals surface area contributed by atoms with E-state index in [1.165, 1.54) is 6.33 Å². The standard InChI is InChI=1S/C9H11ClN4O/c10-8-7-6(5(1-11)3-15)2-12-9(7)14-4-13-8/h2,4-5,15H,1,3,11H2,(H,12,13,14). The molecule has 15 heavy (non-hydrogen) atoms. The quantitative estimate of drug-likeness (QED) is 0.671. The van der Waals surface area contributed by atoms with Gasteiger partial charge in [-0.1, -0.05) is 11.6 Å². The summed E-state index contributed by atoms with van der Waals surface area (Å²) in [5, 5.41) is 10.3. The molecule has 0 aliphatic carbocycles. The van der Waals surface area contributed by atoms with Crippen molar-refractivity contribution in [1.82, 2.24) is 15.0 Å². The molecule has 0 saturated heterocycles. The molecule has 0 bridgehead atoms. The van der Waals surface area contributed by atoms with Gasteiger partial charge in [0.05, 0.1) is 12.0 Å². The molecule has 5 nitrogen and oxygen atoms in total. The third-order valence-corrected chi connectivity index (χ3v) is 2.69. The fraction of sp³-hybridized carbons (Fsp3) is 0.333. The number of aromatic nitrogens is 3. The van der Waals surface area contributed by atoms with E-state index in [0.717, 1.165) is 10.9 Å².